The Morgan fingerprint density at radius 3 is 2.62 bits per heavy atom. The van der Waals surface area contributed by atoms with E-state index in [4.69, 9.17) is 9.47 Å². The van der Waals surface area contributed by atoms with Gasteiger partial charge >= 0.3 is 0 Å². The monoisotopic (exact) mass is 413 g/mol. The van der Waals surface area contributed by atoms with Crippen molar-refractivity contribution in [3.8, 4) is 11.5 Å². The third-order valence-corrected chi connectivity index (χ3v) is 4.74. The van der Waals surface area contributed by atoms with Crippen molar-refractivity contribution >= 4 is 40.0 Å². The van der Waals surface area contributed by atoms with Crippen molar-refractivity contribution in [2.75, 3.05) is 24.8 Å². The van der Waals surface area contributed by atoms with Gasteiger partial charge < -0.3 is 14.8 Å². The first-order valence-electron chi connectivity index (χ1n) is 6.72. The van der Waals surface area contributed by atoms with E-state index in [2.05, 4.69) is 70.6 Å². The van der Waals surface area contributed by atoms with E-state index in [1.807, 2.05) is 0 Å². The number of ether oxygens (including phenoxy) is 2. The standard InChI is InChI=1S/C16H16INO2S/c1-21-16-9-15-14(19-5-6-20-15)7-11(16)10-18-13-4-2-3-12(17)8-13/h2-4,7-9,18H,5-6,10H2,1H3. The third-order valence-electron chi connectivity index (χ3n) is 3.25. The van der Waals surface area contributed by atoms with Crippen LogP contribution in [-0.2, 0) is 6.54 Å². The van der Waals surface area contributed by atoms with Crippen LogP contribution in [0.3, 0.4) is 0 Å². The minimum absolute atomic E-state index is 0.620. The lowest BCUT2D eigenvalue weighted by Crippen LogP contribution is -2.16. The molecule has 2 aromatic carbocycles. The summed E-state index contributed by atoms with van der Waals surface area (Å²) in [4.78, 5) is 1.22. The molecule has 1 aliphatic heterocycles. The Morgan fingerprint density at radius 1 is 1.14 bits per heavy atom. The molecule has 0 aromatic heterocycles. The zero-order valence-electron chi connectivity index (χ0n) is 11.7. The van der Waals surface area contributed by atoms with Gasteiger partial charge in [0.05, 0.1) is 0 Å². The SMILES string of the molecule is CSc1cc2c(cc1CNc1cccc(I)c1)OCCO2. The Morgan fingerprint density at radius 2 is 1.90 bits per heavy atom. The number of thioether (sulfide) groups is 1. The van der Waals surface area contributed by atoms with Gasteiger partial charge in [-0.15, -0.1) is 11.8 Å². The first-order chi connectivity index (χ1) is 10.3. The smallest absolute Gasteiger partial charge is 0.162 e. The number of fused-ring (bicyclic) bond motifs is 1. The molecule has 21 heavy (non-hydrogen) atoms. The molecule has 0 saturated heterocycles. The van der Waals surface area contributed by atoms with Crippen molar-refractivity contribution in [3.05, 3.63) is 45.5 Å². The molecular weight excluding hydrogens is 397 g/mol. The summed E-state index contributed by atoms with van der Waals surface area (Å²) in [6.07, 6.45) is 2.08. The third kappa shape index (κ3) is 3.58. The lowest BCUT2D eigenvalue weighted by atomic mass is 10.2. The highest BCUT2D eigenvalue weighted by atomic mass is 127. The zero-order chi connectivity index (χ0) is 14.7. The van der Waals surface area contributed by atoms with Crippen LogP contribution >= 0.6 is 34.4 Å². The van der Waals surface area contributed by atoms with Gasteiger partial charge in [0.1, 0.15) is 13.2 Å². The maximum absolute atomic E-state index is 5.67. The van der Waals surface area contributed by atoms with Crippen molar-refractivity contribution in [1.29, 1.82) is 0 Å². The zero-order valence-corrected chi connectivity index (χ0v) is 14.7. The number of halogens is 1. The minimum Gasteiger partial charge on any atom is -0.486 e. The summed E-state index contributed by atoms with van der Waals surface area (Å²) in [5.41, 5.74) is 2.36. The van der Waals surface area contributed by atoms with Crippen LogP contribution in [0, 0.1) is 3.57 Å². The summed E-state index contributed by atoms with van der Waals surface area (Å²) in [5.74, 6) is 1.70. The van der Waals surface area contributed by atoms with Gasteiger partial charge in [-0.05, 0) is 64.7 Å². The molecule has 0 spiro atoms. The van der Waals surface area contributed by atoms with E-state index >= 15 is 0 Å². The predicted molar refractivity (Wildman–Crippen MR) is 95.7 cm³/mol. The molecule has 110 valence electrons. The molecule has 1 N–H and O–H groups in total. The molecule has 2 aromatic rings. The fourth-order valence-corrected chi connectivity index (χ4v) is 3.40. The first-order valence-corrected chi connectivity index (χ1v) is 9.02. The van der Waals surface area contributed by atoms with Gasteiger partial charge in [-0.3, -0.25) is 0 Å². The second kappa shape index (κ2) is 6.79. The first kappa shape index (κ1) is 14.8. The Kier molecular flexibility index (Phi) is 4.80. The van der Waals surface area contributed by atoms with Crippen LogP contribution in [0.25, 0.3) is 0 Å². The quantitative estimate of drug-likeness (QED) is 0.595. The number of rotatable bonds is 4. The average molecular weight is 413 g/mol. The molecule has 3 rings (SSSR count). The van der Waals surface area contributed by atoms with E-state index in [9.17, 15) is 0 Å². The molecule has 1 heterocycles. The van der Waals surface area contributed by atoms with E-state index in [1.54, 1.807) is 11.8 Å². The lowest BCUT2D eigenvalue weighted by Gasteiger charge is -2.21. The highest BCUT2D eigenvalue weighted by Crippen LogP contribution is 2.36. The molecule has 0 fully saturated rings. The fraction of sp³-hybridized carbons (Fsp3) is 0.250. The molecule has 5 heteroatoms. The lowest BCUT2D eigenvalue weighted by molar-refractivity contribution is 0.171. The molecule has 0 amide bonds. The molecule has 0 radical (unpaired) electrons. The summed E-state index contributed by atoms with van der Waals surface area (Å²) < 4.78 is 12.5. The highest BCUT2D eigenvalue weighted by Gasteiger charge is 2.15. The summed E-state index contributed by atoms with van der Waals surface area (Å²) in [5, 5.41) is 3.47. The van der Waals surface area contributed by atoms with Crippen LogP contribution in [0.1, 0.15) is 5.56 Å². The van der Waals surface area contributed by atoms with Crippen LogP contribution in [0.5, 0.6) is 11.5 Å². The normalized spacial score (nSPS) is 13.0. The predicted octanol–water partition coefficient (Wildman–Crippen LogP) is 4.40. The molecule has 0 bridgehead atoms. The second-order valence-corrected chi connectivity index (χ2v) is 6.77. The van der Waals surface area contributed by atoms with Crippen molar-refractivity contribution in [1.82, 2.24) is 0 Å². The Bertz CT molecular complexity index is 648. The molecule has 1 aliphatic rings. The van der Waals surface area contributed by atoms with Gasteiger partial charge in [0, 0.05) is 20.7 Å². The molecule has 0 saturated carbocycles. The van der Waals surface area contributed by atoms with Gasteiger partial charge in [-0.25, -0.2) is 0 Å². The fourth-order valence-electron chi connectivity index (χ4n) is 2.24. The minimum atomic E-state index is 0.620. The van der Waals surface area contributed by atoms with Gasteiger partial charge in [0.15, 0.2) is 11.5 Å². The summed E-state index contributed by atoms with van der Waals surface area (Å²) in [6.45, 7) is 2.02. The average Bonchev–Trinajstić information content (AvgIpc) is 2.52. The Labute approximate surface area is 142 Å². The molecule has 0 atom stereocenters. The summed E-state index contributed by atoms with van der Waals surface area (Å²) >= 11 is 4.05. The Hall–Kier alpha value is -1.08. The van der Waals surface area contributed by atoms with Gasteiger partial charge in [0.25, 0.3) is 0 Å². The van der Waals surface area contributed by atoms with E-state index in [1.165, 1.54) is 14.0 Å². The van der Waals surface area contributed by atoms with Crippen molar-refractivity contribution in [3.63, 3.8) is 0 Å². The molecular formula is C16H16INO2S. The number of anilines is 1. The number of benzene rings is 2. The second-order valence-electron chi connectivity index (χ2n) is 4.67. The largest absolute Gasteiger partial charge is 0.486 e. The van der Waals surface area contributed by atoms with Crippen molar-refractivity contribution in [2.45, 2.75) is 11.4 Å². The van der Waals surface area contributed by atoms with Crippen molar-refractivity contribution < 1.29 is 9.47 Å². The Balaban J connectivity index is 1.81. The van der Waals surface area contributed by atoms with Crippen LogP contribution in [0.2, 0.25) is 0 Å². The molecule has 0 aliphatic carbocycles. The molecule has 0 unspecified atom stereocenters. The number of hydrogen-bond donors (Lipinski definition) is 1. The number of nitrogens with one attached hydrogen (secondary N) is 1. The topological polar surface area (TPSA) is 30.5 Å². The van der Waals surface area contributed by atoms with Gasteiger partial charge in [-0.1, -0.05) is 6.07 Å². The van der Waals surface area contributed by atoms with Crippen LogP contribution < -0.4 is 14.8 Å². The summed E-state index contributed by atoms with van der Waals surface area (Å²) in [7, 11) is 0. The van der Waals surface area contributed by atoms with Crippen molar-refractivity contribution in [2.24, 2.45) is 0 Å². The molecule has 3 nitrogen and oxygen atoms in total. The van der Waals surface area contributed by atoms with E-state index in [0.717, 1.165) is 23.7 Å². The van der Waals surface area contributed by atoms with Gasteiger partial charge in [0.2, 0.25) is 0 Å². The van der Waals surface area contributed by atoms with Crippen LogP contribution in [0.15, 0.2) is 41.3 Å². The maximum atomic E-state index is 5.67. The maximum Gasteiger partial charge on any atom is 0.162 e. The van der Waals surface area contributed by atoms with Gasteiger partial charge in [-0.2, -0.15) is 0 Å². The van der Waals surface area contributed by atoms with E-state index in [0.29, 0.717) is 13.2 Å². The number of hydrogen-bond acceptors (Lipinski definition) is 4. The van der Waals surface area contributed by atoms with E-state index in [-0.39, 0.29) is 0 Å². The highest BCUT2D eigenvalue weighted by molar-refractivity contribution is 14.1. The van der Waals surface area contributed by atoms with E-state index < -0.39 is 0 Å². The van der Waals surface area contributed by atoms with Crippen LogP contribution in [-0.4, -0.2) is 19.5 Å². The van der Waals surface area contributed by atoms with Crippen LogP contribution in [0.4, 0.5) is 5.69 Å². The summed E-state index contributed by atoms with van der Waals surface area (Å²) in [6, 6.07) is 12.5.